The molecule has 0 bridgehead atoms. The van der Waals surface area contributed by atoms with Crippen molar-refractivity contribution in [2.45, 2.75) is 27.6 Å². The minimum atomic E-state index is -6.15. The van der Waals surface area contributed by atoms with Crippen molar-refractivity contribution in [2.24, 2.45) is 10.3 Å². The summed E-state index contributed by atoms with van der Waals surface area (Å²) < 4.78 is 131. The van der Waals surface area contributed by atoms with Crippen LogP contribution in [0.15, 0.2) is 46.2 Å². The summed E-state index contributed by atoms with van der Waals surface area (Å²) in [5, 5.41) is 9.69. The molecule has 0 radical (unpaired) electrons. The molecule has 0 amide bonds. The van der Waals surface area contributed by atoms with E-state index in [-0.39, 0.29) is 12.1 Å². The molecule has 2 aromatic rings. The highest BCUT2D eigenvalue weighted by Crippen LogP contribution is 2.57. The number of hydrogen-bond donors (Lipinski definition) is 4. The van der Waals surface area contributed by atoms with Crippen LogP contribution in [-0.2, 0) is 25.5 Å². The molecule has 0 saturated heterocycles. The number of nitrogen functional groups attached to an aromatic ring is 2. The van der Waals surface area contributed by atoms with Crippen molar-refractivity contribution in [1.29, 1.82) is 0 Å². The molecule has 0 aliphatic rings. The Morgan fingerprint density at radius 1 is 0.613 bits per heavy atom. The lowest BCUT2D eigenvalue weighted by molar-refractivity contribution is -0.288. The van der Waals surface area contributed by atoms with E-state index in [0.717, 1.165) is 0 Å². The molecule has 2 aromatic carbocycles. The summed E-state index contributed by atoms with van der Waals surface area (Å²) in [4.78, 5) is -2.38. The van der Waals surface area contributed by atoms with Crippen LogP contribution in [0, 0.1) is 0 Å². The molecule has 8 nitrogen and oxygen atoms in total. The number of benzene rings is 2. The fourth-order valence-electron chi connectivity index (χ4n) is 3.01. The Bertz CT molecular complexity index is 1140. The molecule has 0 aromatic heterocycles. The Hall–Kier alpha value is -2.56. The van der Waals surface area contributed by atoms with E-state index >= 15 is 0 Å². The van der Waals surface area contributed by atoms with Crippen molar-refractivity contribution in [3.8, 4) is 0 Å². The first kappa shape index (κ1) is 24.7. The molecule has 31 heavy (non-hydrogen) atoms. The minimum Gasteiger partial charge on any atom is -0.398 e. The SMILES string of the molecule is Nc1ccc(C(c2ccc(N)c(S(N)(=O)=O)c2)(C(F)(F)F)C(F)(F)F)cc1S(N)(=O)=O. The Morgan fingerprint density at radius 3 is 1.13 bits per heavy atom. The summed E-state index contributed by atoms with van der Waals surface area (Å²) in [7, 11) is -9.65. The summed E-state index contributed by atoms with van der Waals surface area (Å²) >= 11 is 0. The number of rotatable bonds is 4. The zero-order valence-electron chi connectivity index (χ0n) is 15.0. The van der Waals surface area contributed by atoms with Crippen molar-refractivity contribution in [3.63, 3.8) is 0 Å². The molecule has 0 aliphatic heterocycles. The van der Waals surface area contributed by atoms with Gasteiger partial charge in [-0.1, -0.05) is 12.1 Å². The normalized spacial score (nSPS) is 13.9. The van der Waals surface area contributed by atoms with Crippen LogP contribution in [0.1, 0.15) is 11.1 Å². The standard InChI is InChI=1S/C15H14F6N4O4S2/c16-14(17,18)13(15(19,20)21,7-1-3-9(22)11(5-7)30(24,26)27)8-2-4-10(23)12(6-8)31(25,28)29/h1-6H,22-23H2,(H2,24,26,27)(H2,25,28,29). The molecule has 0 aliphatic carbocycles. The summed E-state index contributed by atoms with van der Waals surface area (Å²) in [6.07, 6.45) is -12.3. The molecule has 8 N–H and O–H groups in total. The van der Waals surface area contributed by atoms with Crippen molar-refractivity contribution < 1.29 is 43.2 Å². The number of nitrogens with two attached hydrogens (primary N) is 4. The molecule has 16 heteroatoms. The number of sulfonamides is 2. The van der Waals surface area contributed by atoms with Crippen molar-refractivity contribution in [3.05, 3.63) is 47.5 Å². The molecular weight excluding hydrogens is 478 g/mol. The number of primary sulfonamides is 2. The zero-order valence-corrected chi connectivity index (χ0v) is 16.6. The first-order valence-electron chi connectivity index (χ1n) is 7.73. The van der Waals surface area contributed by atoms with Gasteiger partial charge < -0.3 is 11.5 Å². The van der Waals surface area contributed by atoms with Gasteiger partial charge in [0.1, 0.15) is 9.79 Å². The van der Waals surface area contributed by atoms with Gasteiger partial charge in [-0.3, -0.25) is 0 Å². The van der Waals surface area contributed by atoms with Gasteiger partial charge in [-0.05, 0) is 35.4 Å². The van der Waals surface area contributed by atoms with Gasteiger partial charge in [-0.15, -0.1) is 0 Å². The van der Waals surface area contributed by atoms with Gasteiger partial charge >= 0.3 is 12.4 Å². The monoisotopic (exact) mass is 492 g/mol. The molecule has 0 spiro atoms. The maximum Gasteiger partial charge on any atom is 0.411 e. The third-order valence-corrected chi connectivity index (χ3v) is 6.29. The van der Waals surface area contributed by atoms with Crippen molar-refractivity contribution in [2.75, 3.05) is 11.5 Å². The van der Waals surface area contributed by atoms with E-state index in [4.69, 9.17) is 21.7 Å². The van der Waals surface area contributed by atoms with Crippen LogP contribution in [0.3, 0.4) is 0 Å². The second-order valence-electron chi connectivity index (χ2n) is 6.34. The topological polar surface area (TPSA) is 172 Å². The van der Waals surface area contributed by atoms with Crippen molar-refractivity contribution >= 4 is 31.4 Å². The highest BCUT2D eigenvalue weighted by molar-refractivity contribution is 7.89. The predicted octanol–water partition coefficient (Wildman–Crippen LogP) is 1.56. The van der Waals surface area contributed by atoms with Gasteiger partial charge in [0.25, 0.3) is 0 Å². The molecule has 0 unspecified atom stereocenters. The van der Waals surface area contributed by atoms with Gasteiger partial charge in [-0.2, -0.15) is 26.3 Å². The molecule has 0 atom stereocenters. The maximum absolute atomic E-state index is 14.2. The summed E-state index contributed by atoms with van der Waals surface area (Å²) in [5.74, 6) is 0. The third kappa shape index (κ3) is 4.15. The largest absolute Gasteiger partial charge is 0.411 e. The van der Waals surface area contributed by atoms with Crippen LogP contribution in [0.5, 0.6) is 0 Å². The van der Waals surface area contributed by atoms with Crippen LogP contribution >= 0.6 is 0 Å². The fraction of sp³-hybridized carbons (Fsp3) is 0.200. The van der Waals surface area contributed by atoms with Crippen molar-refractivity contribution in [1.82, 2.24) is 0 Å². The molecule has 0 saturated carbocycles. The second-order valence-corrected chi connectivity index (χ2v) is 9.40. The Morgan fingerprint density at radius 2 is 0.903 bits per heavy atom. The van der Waals surface area contributed by atoms with Crippen LogP contribution in [-0.4, -0.2) is 29.2 Å². The van der Waals surface area contributed by atoms with Gasteiger partial charge in [0.05, 0.1) is 11.4 Å². The number of hydrogen-bond acceptors (Lipinski definition) is 6. The smallest absolute Gasteiger partial charge is 0.398 e. The van der Waals surface area contributed by atoms with E-state index in [1.54, 1.807) is 0 Å². The van der Waals surface area contributed by atoms with E-state index in [0.29, 0.717) is 24.3 Å². The van der Waals surface area contributed by atoms with Crippen LogP contribution < -0.4 is 21.7 Å². The minimum absolute atomic E-state index is 0.0264. The third-order valence-electron chi connectivity index (χ3n) is 4.36. The van der Waals surface area contributed by atoms with Gasteiger partial charge in [-0.25, -0.2) is 27.1 Å². The molecule has 0 fully saturated rings. The molecule has 172 valence electrons. The maximum atomic E-state index is 14.2. The van der Waals surface area contributed by atoms with E-state index in [1.165, 1.54) is 0 Å². The first-order chi connectivity index (χ1) is 13.7. The van der Waals surface area contributed by atoms with E-state index in [9.17, 15) is 43.2 Å². The number of anilines is 2. The highest BCUT2D eigenvalue weighted by Gasteiger charge is 2.72. The molecule has 2 rings (SSSR count). The van der Waals surface area contributed by atoms with Crippen LogP contribution in [0.4, 0.5) is 37.7 Å². The Labute approximate surface area is 171 Å². The Balaban J connectivity index is 3.13. The molecular formula is C15H14F6N4O4S2. The lowest BCUT2D eigenvalue weighted by Gasteiger charge is -2.38. The van der Waals surface area contributed by atoms with Gasteiger partial charge in [0, 0.05) is 0 Å². The number of halogens is 6. The molecule has 0 heterocycles. The predicted molar refractivity (Wildman–Crippen MR) is 97.3 cm³/mol. The van der Waals surface area contributed by atoms with Gasteiger partial charge in [0.15, 0.2) is 0 Å². The van der Waals surface area contributed by atoms with Gasteiger partial charge in [0.2, 0.25) is 25.5 Å². The lowest BCUT2D eigenvalue weighted by Crippen LogP contribution is -2.55. The number of alkyl halides is 6. The van der Waals surface area contributed by atoms with E-state index in [2.05, 4.69) is 0 Å². The average Bonchev–Trinajstić information content (AvgIpc) is 2.53. The fourth-order valence-corrected chi connectivity index (χ4v) is 4.39. The quantitative estimate of drug-likeness (QED) is 0.372. The van der Waals surface area contributed by atoms with Crippen LogP contribution in [0.2, 0.25) is 0 Å². The van der Waals surface area contributed by atoms with E-state index < -0.39 is 70.1 Å². The van der Waals surface area contributed by atoms with Crippen LogP contribution in [0.25, 0.3) is 0 Å². The summed E-state index contributed by atoms with van der Waals surface area (Å²) in [6.45, 7) is 0. The summed E-state index contributed by atoms with van der Waals surface area (Å²) in [6, 6.07) is 1.66. The highest BCUT2D eigenvalue weighted by atomic mass is 32.2. The Kier molecular flexibility index (Phi) is 5.78. The average molecular weight is 492 g/mol. The summed E-state index contributed by atoms with van der Waals surface area (Å²) in [5.41, 5.74) is 1.14. The van der Waals surface area contributed by atoms with E-state index in [1.807, 2.05) is 0 Å². The lowest BCUT2D eigenvalue weighted by atomic mass is 9.73. The zero-order chi connectivity index (χ0) is 24.2. The first-order valence-corrected chi connectivity index (χ1v) is 10.8. The second kappa shape index (κ2) is 7.25.